The molecule has 12 rings (SSSR count). The van der Waals surface area contributed by atoms with Crippen LogP contribution < -0.4 is 9.80 Å². The molecule has 302 valence electrons. The SMILES string of the molecule is C/C=C(\C=C/Cc1cc2c(s1)C1=CC=CCC1N2c1ccccc1)N(c1ccc2c(c1)C1(c3ccccc3-c3ccccc31)c1ccccc1-2)C1C=CC(C2C=CC=CC2)CC1. The highest BCUT2D eigenvalue weighted by atomic mass is 32.1. The number of allylic oxidation sites excluding steroid dienone is 10. The number of rotatable bonds is 8. The van der Waals surface area contributed by atoms with E-state index in [1.165, 1.54) is 89.0 Å². The van der Waals surface area contributed by atoms with Gasteiger partial charge in [0.25, 0.3) is 0 Å². The fraction of sp³-hybridized carbons (Fsp3) is 0.186. The average molecular weight is 819 g/mol. The summed E-state index contributed by atoms with van der Waals surface area (Å²) < 4.78 is 0. The van der Waals surface area contributed by atoms with E-state index < -0.39 is 0 Å². The molecule has 1 aliphatic heterocycles. The van der Waals surface area contributed by atoms with E-state index in [0.717, 1.165) is 25.7 Å². The van der Waals surface area contributed by atoms with Crippen molar-refractivity contribution in [2.24, 2.45) is 11.8 Å². The molecule has 5 aliphatic carbocycles. The summed E-state index contributed by atoms with van der Waals surface area (Å²) in [6.45, 7) is 2.22. The minimum Gasteiger partial charge on any atom is -0.335 e. The zero-order chi connectivity index (χ0) is 41.2. The molecular formula is C59H50N2S. The molecule has 3 heteroatoms. The van der Waals surface area contributed by atoms with E-state index in [0.29, 0.717) is 17.9 Å². The Balaban J connectivity index is 0.939. The Morgan fingerprint density at radius 3 is 2.05 bits per heavy atom. The zero-order valence-corrected chi connectivity index (χ0v) is 36.0. The third-order valence-corrected chi connectivity index (χ3v) is 15.7. The highest BCUT2D eigenvalue weighted by Crippen LogP contribution is 2.63. The van der Waals surface area contributed by atoms with Gasteiger partial charge >= 0.3 is 0 Å². The average Bonchev–Trinajstić information content (AvgIpc) is 4.06. The number of benzene rings is 5. The molecule has 0 fully saturated rings. The highest BCUT2D eigenvalue weighted by molar-refractivity contribution is 7.14. The van der Waals surface area contributed by atoms with Crippen LogP contribution in [0.4, 0.5) is 17.1 Å². The van der Waals surface area contributed by atoms with Gasteiger partial charge in [0, 0.05) is 28.4 Å². The van der Waals surface area contributed by atoms with Crippen molar-refractivity contribution >= 4 is 34.0 Å². The lowest BCUT2D eigenvalue weighted by Gasteiger charge is -2.38. The molecule has 6 aliphatic rings. The summed E-state index contributed by atoms with van der Waals surface area (Å²) in [5.74, 6) is 1.14. The van der Waals surface area contributed by atoms with Crippen LogP contribution in [0.5, 0.6) is 0 Å². The predicted octanol–water partition coefficient (Wildman–Crippen LogP) is 14.9. The Labute approximate surface area is 370 Å². The third kappa shape index (κ3) is 5.74. The Kier molecular flexibility index (Phi) is 9.15. The van der Waals surface area contributed by atoms with Crippen LogP contribution in [0.1, 0.15) is 64.6 Å². The molecule has 1 aromatic heterocycles. The molecule has 0 radical (unpaired) electrons. The Morgan fingerprint density at radius 2 is 1.37 bits per heavy atom. The fourth-order valence-corrected chi connectivity index (χ4v) is 13.0. The monoisotopic (exact) mass is 818 g/mol. The molecule has 5 aromatic carbocycles. The van der Waals surface area contributed by atoms with Crippen molar-refractivity contribution in [2.45, 2.75) is 56.5 Å². The van der Waals surface area contributed by atoms with Gasteiger partial charge in [0.05, 0.1) is 28.1 Å². The van der Waals surface area contributed by atoms with Crippen molar-refractivity contribution in [2.75, 3.05) is 9.80 Å². The summed E-state index contributed by atoms with van der Waals surface area (Å²) in [4.78, 5) is 8.04. The quantitative estimate of drug-likeness (QED) is 0.111. The molecule has 62 heavy (non-hydrogen) atoms. The minimum absolute atomic E-state index is 0.235. The maximum absolute atomic E-state index is 2.65. The van der Waals surface area contributed by atoms with Crippen molar-refractivity contribution in [1.29, 1.82) is 0 Å². The normalized spacial score (nSPS) is 22.0. The largest absolute Gasteiger partial charge is 0.335 e. The number of hydrogen-bond acceptors (Lipinski definition) is 3. The zero-order valence-electron chi connectivity index (χ0n) is 35.2. The molecule has 0 bridgehead atoms. The first-order valence-corrected chi connectivity index (χ1v) is 23.5. The summed E-state index contributed by atoms with van der Waals surface area (Å²) in [6, 6.07) is 48.8. The van der Waals surface area contributed by atoms with Gasteiger partial charge in [-0.25, -0.2) is 0 Å². The first-order chi connectivity index (χ1) is 30.7. The number of anilines is 3. The maximum atomic E-state index is 2.65. The lowest BCUT2D eigenvalue weighted by molar-refractivity contribution is 0.405. The number of hydrogen-bond donors (Lipinski definition) is 0. The molecule has 0 amide bonds. The predicted molar refractivity (Wildman–Crippen MR) is 262 cm³/mol. The van der Waals surface area contributed by atoms with Gasteiger partial charge < -0.3 is 9.80 Å². The Bertz CT molecular complexity index is 2890. The lowest BCUT2D eigenvalue weighted by atomic mass is 9.70. The van der Waals surface area contributed by atoms with Crippen LogP contribution in [-0.4, -0.2) is 12.1 Å². The van der Waals surface area contributed by atoms with E-state index in [9.17, 15) is 0 Å². The number of fused-ring (bicyclic) bond motifs is 13. The lowest BCUT2D eigenvalue weighted by Crippen LogP contribution is -2.36. The van der Waals surface area contributed by atoms with Crippen LogP contribution in [0.15, 0.2) is 206 Å². The van der Waals surface area contributed by atoms with Crippen LogP contribution in [-0.2, 0) is 11.8 Å². The molecule has 0 saturated carbocycles. The molecule has 4 atom stereocenters. The second-order valence-corrected chi connectivity index (χ2v) is 18.8. The van der Waals surface area contributed by atoms with Crippen molar-refractivity contribution in [3.8, 4) is 22.3 Å². The van der Waals surface area contributed by atoms with E-state index >= 15 is 0 Å². The molecule has 6 aromatic rings. The fourth-order valence-electron chi connectivity index (χ4n) is 11.8. The topological polar surface area (TPSA) is 6.48 Å². The van der Waals surface area contributed by atoms with Gasteiger partial charge in [0.1, 0.15) is 0 Å². The standard InChI is InChI=1S/C59H50N2S/c1-2-42(22-17-23-46-39-57-58(62-46)51-27-12-16-31-56(51)61(57)43-20-7-4-8-21-43)60(44-34-32-41(33-35-44)40-18-5-3-6-19-40)45-36-37-50-49-26-11-15-30-54(49)59(55(50)38-45)52-28-13-9-24-47(52)48-25-10-14-29-53(48)59/h2-18,20-22,24-30,32,34,36-41,44,56H,19,23,31,33,35H2,1H3/b22-17-,42-2+. The van der Waals surface area contributed by atoms with Crippen molar-refractivity contribution in [1.82, 2.24) is 0 Å². The van der Waals surface area contributed by atoms with Gasteiger partial charge in [-0.15, -0.1) is 11.3 Å². The van der Waals surface area contributed by atoms with E-state index in [1.807, 2.05) is 11.3 Å². The van der Waals surface area contributed by atoms with Gasteiger partial charge in [-0.2, -0.15) is 0 Å². The van der Waals surface area contributed by atoms with Gasteiger partial charge in [0.2, 0.25) is 0 Å². The summed E-state index contributed by atoms with van der Waals surface area (Å²) in [5.41, 5.74) is 17.1. The minimum atomic E-state index is -0.378. The molecule has 2 nitrogen and oxygen atoms in total. The molecular weight excluding hydrogens is 769 g/mol. The molecule has 4 unspecified atom stereocenters. The van der Waals surface area contributed by atoms with E-state index in [-0.39, 0.29) is 11.5 Å². The van der Waals surface area contributed by atoms with Crippen LogP contribution in [0.2, 0.25) is 0 Å². The summed E-state index contributed by atoms with van der Waals surface area (Å²) in [7, 11) is 0. The van der Waals surface area contributed by atoms with E-state index in [2.05, 4.69) is 217 Å². The van der Waals surface area contributed by atoms with Crippen molar-refractivity contribution < 1.29 is 0 Å². The van der Waals surface area contributed by atoms with Gasteiger partial charge in [-0.1, -0.05) is 164 Å². The molecule has 0 N–H and O–H groups in total. The summed E-state index contributed by atoms with van der Waals surface area (Å²) >= 11 is 1.97. The van der Waals surface area contributed by atoms with E-state index in [4.69, 9.17) is 0 Å². The summed E-state index contributed by atoms with van der Waals surface area (Å²) in [6.07, 6.45) is 33.6. The number of para-hydroxylation sites is 1. The van der Waals surface area contributed by atoms with Crippen LogP contribution in [0.3, 0.4) is 0 Å². The second-order valence-electron chi connectivity index (χ2n) is 17.6. The van der Waals surface area contributed by atoms with Gasteiger partial charge in [0.15, 0.2) is 0 Å². The molecule has 1 spiro atoms. The van der Waals surface area contributed by atoms with Crippen molar-refractivity contribution in [3.05, 3.63) is 238 Å². The van der Waals surface area contributed by atoms with Gasteiger partial charge in [-0.3, -0.25) is 0 Å². The summed E-state index contributed by atoms with van der Waals surface area (Å²) in [5, 5.41) is 0. The smallest absolute Gasteiger partial charge is 0.0726 e. The van der Waals surface area contributed by atoms with Gasteiger partial charge in [-0.05, 0) is 131 Å². The second kappa shape index (κ2) is 15.2. The van der Waals surface area contributed by atoms with Crippen LogP contribution >= 0.6 is 11.3 Å². The maximum Gasteiger partial charge on any atom is 0.0726 e. The number of thiophene rings is 1. The van der Waals surface area contributed by atoms with Crippen LogP contribution in [0.25, 0.3) is 27.8 Å². The van der Waals surface area contributed by atoms with E-state index in [1.54, 1.807) is 0 Å². The molecule has 2 heterocycles. The third-order valence-electron chi connectivity index (χ3n) is 14.5. The Morgan fingerprint density at radius 1 is 0.677 bits per heavy atom. The first-order valence-electron chi connectivity index (χ1n) is 22.6. The van der Waals surface area contributed by atoms with Crippen molar-refractivity contribution in [3.63, 3.8) is 0 Å². The van der Waals surface area contributed by atoms with Crippen LogP contribution in [0, 0.1) is 11.8 Å². The number of nitrogens with zero attached hydrogens (tertiary/aromatic N) is 2. The molecule has 0 saturated heterocycles. The Hall–Kier alpha value is -6.42. The first kappa shape index (κ1) is 37.4. The highest BCUT2D eigenvalue weighted by Gasteiger charge is 2.51.